The smallest absolute Gasteiger partial charge is 0.243 e. The number of fused-ring (bicyclic) bond motifs is 1. The SMILES string of the molecule is Cc1ccc2nc(NCC3CCCCC3CO)nn2c1. The van der Waals surface area contributed by atoms with Crippen LogP contribution in [-0.2, 0) is 0 Å². The van der Waals surface area contributed by atoms with E-state index >= 15 is 0 Å². The van der Waals surface area contributed by atoms with Crippen LogP contribution in [0, 0.1) is 18.8 Å². The van der Waals surface area contributed by atoms with Gasteiger partial charge in [-0.2, -0.15) is 4.98 Å². The molecule has 0 amide bonds. The Bertz CT molecular complexity index is 580. The van der Waals surface area contributed by atoms with Gasteiger partial charge in [0, 0.05) is 19.3 Å². The molecule has 0 aromatic carbocycles. The molecule has 5 nitrogen and oxygen atoms in total. The van der Waals surface area contributed by atoms with Crippen molar-refractivity contribution in [2.45, 2.75) is 32.6 Å². The van der Waals surface area contributed by atoms with Gasteiger partial charge in [-0.25, -0.2) is 4.52 Å². The van der Waals surface area contributed by atoms with Crippen molar-refractivity contribution >= 4 is 11.6 Å². The van der Waals surface area contributed by atoms with Crippen LogP contribution in [0.3, 0.4) is 0 Å². The summed E-state index contributed by atoms with van der Waals surface area (Å²) in [6, 6.07) is 4.02. The van der Waals surface area contributed by atoms with Crippen molar-refractivity contribution in [1.82, 2.24) is 14.6 Å². The van der Waals surface area contributed by atoms with Crippen LogP contribution in [0.2, 0.25) is 0 Å². The molecule has 1 saturated carbocycles. The van der Waals surface area contributed by atoms with Crippen LogP contribution in [0.5, 0.6) is 0 Å². The molecule has 2 N–H and O–H groups in total. The van der Waals surface area contributed by atoms with E-state index in [1.54, 1.807) is 0 Å². The van der Waals surface area contributed by atoms with E-state index in [1.807, 2.05) is 29.8 Å². The summed E-state index contributed by atoms with van der Waals surface area (Å²) in [6.07, 6.45) is 6.81. The molecule has 2 unspecified atom stereocenters. The molecule has 2 atom stereocenters. The summed E-state index contributed by atoms with van der Waals surface area (Å²) in [5.74, 6) is 1.63. The molecule has 5 heteroatoms. The van der Waals surface area contributed by atoms with Crippen LogP contribution in [0.1, 0.15) is 31.2 Å². The Kier molecular flexibility index (Phi) is 3.87. The van der Waals surface area contributed by atoms with Gasteiger partial charge < -0.3 is 10.4 Å². The monoisotopic (exact) mass is 274 g/mol. The van der Waals surface area contributed by atoms with Gasteiger partial charge in [0.2, 0.25) is 5.95 Å². The molecule has 1 fully saturated rings. The van der Waals surface area contributed by atoms with Gasteiger partial charge >= 0.3 is 0 Å². The molecule has 2 aromatic rings. The third-order valence-corrected chi connectivity index (χ3v) is 4.30. The Labute approximate surface area is 119 Å². The lowest BCUT2D eigenvalue weighted by molar-refractivity contribution is 0.141. The highest BCUT2D eigenvalue weighted by atomic mass is 16.3. The van der Waals surface area contributed by atoms with Crippen LogP contribution in [0.15, 0.2) is 18.3 Å². The van der Waals surface area contributed by atoms with Gasteiger partial charge in [-0.1, -0.05) is 18.9 Å². The van der Waals surface area contributed by atoms with E-state index in [0.717, 1.165) is 18.6 Å². The number of nitrogens with one attached hydrogen (secondary N) is 1. The predicted molar refractivity (Wildman–Crippen MR) is 78.7 cm³/mol. The minimum atomic E-state index is 0.296. The standard InChI is InChI=1S/C15H22N4O/c1-11-6-7-14-17-15(18-19(14)9-11)16-8-12-4-2-3-5-13(12)10-20/h6-7,9,12-13,20H,2-5,8,10H2,1H3,(H,16,18). The van der Waals surface area contributed by atoms with Gasteiger partial charge in [0.25, 0.3) is 0 Å². The Morgan fingerprint density at radius 1 is 1.30 bits per heavy atom. The molecule has 1 aliphatic rings. The maximum absolute atomic E-state index is 9.44. The Balaban J connectivity index is 1.67. The van der Waals surface area contributed by atoms with Crippen molar-refractivity contribution in [2.24, 2.45) is 11.8 Å². The average molecular weight is 274 g/mol. The maximum atomic E-state index is 9.44. The molecule has 0 aliphatic heterocycles. The Morgan fingerprint density at radius 2 is 2.10 bits per heavy atom. The molecule has 2 heterocycles. The zero-order valence-corrected chi connectivity index (χ0v) is 11.9. The molecule has 0 radical (unpaired) electrons. The highest BCUT2D eigenvalue weighted by Crippen LogP contribution is 2.29. The van der Waals surface area contributed by atoms with Crippen LogP contribution in [0.25, 0.3) is 5.65 Å². The normalized spacial score (nSPS) is 23.1. The summed E-state index contributed by atoms with van der Waals surface area (Å²) >= 11 is 0. The molecule has 3 rings (SSSR count). The lowest BCUT2D eigenvalue weighted by Gasteiger charge is -2.30. The molecule has 1 aliphatic carbocycles. The summed E-state index contributed by atoms with van der Waals surface area (Å²) < 4.78 is 1.81. The van der Waals surface area contributed by atoms with Crippen molar-refractivity contribution in [2.75, 3.05) is 18.5 Å². The fraction of sp³-hybridized carbons (Fsp3) is 0.600. The Morgan fingerprint density at radius 3 is 2.90 bits per heavy atom. The summed E-state index contributed by atoms with van der Waals surface area (Å²) in [5, 5.41) is 17.2. The molecular formula is C15H22N4O. The lowest BCUT2D eigenvalue weighted by atomic mass is 9.80. The third kappa shape index (κ3) is 2.77. The zero-order valence-electron chi connectivity index (χ0n) is 11.9. The average Bonchev–Trinajstić information content (AvgIpc) is 2.87. The number of rotatable bonds is 4. The fourth-order valence-electron chi connectivity index (χ4n) is 3.08. The van der Waals surface area contributed by atoms with Gasteiger partial charge in [-0.3, -0.25) is 0 Å². The van der Waals surface area contributed by atoms with Crippen LogP contribution in [0.4, 0.5) is 5.95 Å². The van der Waals surface area contributed by atoms with E-state index in [-0.39, 0.29) is 0 Å². The van der Waals surface area contributed by atoms with Gasteiger partial charge in [-0.05, 0) is 43.2 Å². The number of hydrogen-bond donors (Lipinski definition) is 2. The van der Waals surface area contributed by atoms with Crippen molar-refractivity contribution in [1.29, 1.82) is 0 Å². The van der Waals surface area contributed by atoms with Crippen LogP contribution < -0.4 is 5.32 Å². The molecular weight excluding hydrogens is 252 g/mol. The number of aryl methyl sites for hydroxylation is 1. The van der Waals surface area contributed by atoms with Crippen molar-refractivity contribution < 1.29 is 5.11 Å². The number of hydrogen-bond acceptors (Lipinski definition) is 4. The van der Waals surface area contributed by atoms with Crippen LogP contribution in [-0.4, -0.2) is 32.9 Å². The second-order valence-corrected chi connectivity index (χ2v) is 5.81. The predicted octanol–water partition coefficient (Wildman–Crippen LogP) is 2.25. The van der Waals surface area contributed by atoms with E-state index in [4.69, 9.17) is 0 Å². The van der Waals surface area contributed by atoms with Gasteiger partial charge in [-0.15, -0.1) is 5.10 Å². The minimum absolute atomic E-state index is 0.296. The first kappa shape index (κ1) is 13.4. The van der Waals surface area contributed by atoms with E-state index in [9.17, 15) is 5.11 Å². The first-order valence-corrected chi connectivity index (χ1v) is 7.44. The summed E-state index contributed by atoms with van der Waals surface area (Å²) in [7, 11) is 0. The number of aliphatic hydroxyl groups is 1. The maximum Gasteiger partial charge on any atom is 0.243 e. The minimum Gasteiger partial charge on any atom is -0.396 e. The van der Waals surface area contributed by atoms with Crippen molar-refractivity contribution in [3.63, 3.8) is 0 Å². The van der Waals surface area contributed by atoms with E-state index in [0.29, 0.717) is 24.4 Å². The van der Waals surface area contributed by atoms with Crippen LogP contribution >= 0.6 is 0 Å². The third-order valence-electron chi connectivity index (χ3n) is 4.30. The molecule has 20 heavy (non-hydrogen) atoms. The van der Waals surface area contributed by atoms with Gasteiger partial charge in [0.1, 0.15) is 0 Å². The molecule has 108 valence electrons. The second-order valence-electron chi connectivity index (χ2n) is 5.81. The highest BCUT2D eigenvalue weighted by Gasteiger charge is 2.24. The molecule has 2 aromatic heterocycles. The topological polar surface area (TPSA) is 62.5 Å². The lowest BCUT2D eigenvalue weighted by Crippen LogP contribution is -2.28. The van der Waals surface area contributed by atoms with E-state index in [1.165, 1.54) is 24.8 Å². The second kappa shape index (κ2) is 5.79. The van der Waals surface area contributed by atoms with E-state index < -0.39 is 0 Å². The number of nitrogens with zero attached hydrogens (tertiary/aromatic N) is 3. The fourth-order valence-corrected chi connectivity index (χ4v) is 3.08. The Hall–Kier alpha value is -1.62. The summed E-state index contributed by atoms with van der Waals surface area (Å²) in [5.41, 5.74) is 2.03. The molecule has 0 spiro atoms. The summed E-state index contributed by atoms with van der Waals surface area (Å²) in [6.45, 7) is 3.19. The first-order valence-electron chi connectivity index (χ1n) is 7.44. The van der Waals surface area contributed by atoms with Gasteiger partial charge in [0.15, 0.2) is 5.65 Å². The zero-order chi connectivity index (χ0) is 13.9. The summed E-state index contributed by atoms with van der Waals surface area (Å²) in [4.78, 5) is 4.47. The first-order chi connectivity index (χ1) is 9.76. The number of aromatic nitrogens is 3. The van der Waals surface area contributed by atoms with Crippen molar-refractivity contribution in [3.8, 4) is 0 Å². The van der Waals surface area contributed by atoms with Gasteiger partial charge in [0.05, 0.1) is 0 Å². The number of aliphatic hydroxyl groups excluding tert-OH is 1. The quantitative estimate of drug-likeness (QED) is 0.897. The highest BCUT2D eigenvalue weighted by molar-refractivity contribution is 5.44. The number of pyridine rings is 1. The van der Waals surface area contributed by atoms with E-state index in [2.05, 4.69) is 15.4 Å². The number of anilines is 1. The van der Waals surface area contributed by atoms with Crippen molar-refractivity contribution in [3.05, 3.63) is 23.9 Å². The molecule has 0 saturated heterocycles. The molecule has 0 bridgehead atoms. The largest absolute Gasteiger partial charge is 0.396 e.